The summed E-state index contributed by atoms with van der Waals surface area (Å²) in [4.78, 5) is 0. The summed E-state index contributed by atoms with van der Waals surface area (Å²) in [5.41, 5.74) is 6.23. The summed E-state index contributed by atoms with van der Waals surface area (Å²) in [6, 6.07) is 10.1. The Kier molecular flexibility index (Phi) is 9.00. The van der Waals surface area contributed by atoms with Gasteiger partial charge >= 0.3 is 9.04 Å². The highest BCUT2D eigenvalue weighted by atomic mass is 28.3. The number of hydrogen-bond donors (Lipinski definition) is 0. The van der Waals surface area contributed by atoms with E-state index in [0.29, 0.717) is 13.2 Å². The van der Waals surface area contributed by atoms with Gasteiger partial charge in [-0.15, -0.1) is 12.8 Å². The van der Waals surface area contributed by atoms with E-state index in [1.807, 2.05) is 31.2 Å². The zero-order valence-electron chi connectivity index (χ0n) is 12.4. The third-order valence-electron chi connectivity index (χ3n) is 2.81. The standard InChI is InChI=1S/C18H21O2Si/c1-4-21(5-2)20-17(3)12-8-7-11-15-19-16-18-13-9-6-10-14-18/h1-2,6-7,9-11,13-14,17H,8,12,15-16H2,3H3/b11-7+/t17-/m1/s1. The predicted octanol–water partition coefficient (Wildman–Crippen LogP) is 3.28. The van der Waals surface area contributed by atoms with Crippen LogP contribution in [-0.4, -0.2) is 21.8 Å². The summed E-state index contributed by atoms with van der Waals surface area (Å²) in [6.07, 6.45) is 16.6. The minimum atomic E-state index is -1.50. The van der Waals surface area contributed by atoms with Crippen LogP contribution in [0.3, 0.4) is 0 Å². The van der Waals surface area contributed by atoms with Crippen molar-refractivity contribution in [3.63, 3.8) is 0 Å². The third-order valence-corrected chi connectivity index (χ3v) is 3.98. The predicted molar refractivity (Wildman–Crippen MR) is 88.4 cm³/mol. The minimum Gasteiger partial charge on any atom is -0.393 e. The first kappa shape index (κ1) is 17.3. The SMILES string of the molecule is C#C[Si](C#C)O[C@H](C)CC/C=C/COCc1ccccc1. The number of ether oxygens (including phenoxy) is 1. The van der Waals surface area contributed by atoms with Crippen molar-refractivity contribution in [3.05, 3.63) is 48.0 Å². The van der Waals surface area contributed by atoms with E-state index in [-0.39, 0.29) is 6.10 Å². The zero-order valence-corrected chi connectivity index (χ0v) is 13.4. The Morgan fingerprint density at radius 3 is 2.57 bits per heavy atom. The lowest BCUT2D eigenvalue weighted by Crippen LogP contribution is -2.21. The fourth-order valence-electron chi connectivity index (χ4n) is 1.71. The molecule has 0 aliphatic rings. The molecular weight excluding hydrogens is 276 g/mol. The van der Waals surface area contributed by atoms with Gasteiger partial charge in [-0.2, -0.15) is 0 Å². The lowest BCUT2D eigenvalue weighted by Gasteiger charge is -2.12. The van der Waals surface area contributed by atoms with Crippen LogP contribution in [0, 0.1) is 23.9 Å². The minimum absolute atomic E-state index is 0.0980. The van der Waals surface area contributed by atoms with Crippen molar-refractivity contribution < 1.29 is 9.16 Å². The van der Waals surface area contributed by atoms with Gasteiger partial charge < -0.3 is 9.16 Å². The van der Waals surface area contributed by atoms with E-state index in [9.17, 15) is 0 Å². The average molecular weight is 297 g/mol. The molecule has 0 amide bonds. The summed E-state index contributed by atoms with van der Waals surface area (Å²) in [5.74, 6) is 0. The molecule has 0 aromatic heterocycles. The fourth-order valence-corrected chi connectivity index (χ4v) is 2.45. The second kappa shape index (κ2) is 10.9. The van der Waals surface area contributed by atoms with Gasteiger partial charge in [-0.3, -0.25) is 0 Å². The van der Waals surface area contributed by atoms with Crippen LogP contribution in [-0.2, 0) is 15.8 Å². The lowest BCUT2D eigenvalue weighted by atomic mass is 10.2. The molecule has 21 heavy (non-hydrogen) atoms. The smallest absolute Gasteiger partial charge is 0.393 e. The molecule has 0 saturated carbocycles. The van der Waals surface area contributed by atoms with Crippen molar-refractivity contribution in [3.8, 4) is 23.9 Å². The molecule has 1 atom stereocenters. The molecule has 1 aromatic carbocycles. The molecule has 0 aliphatic heterocycles. The summed E-state index contributed by atoms with van der Waals surface area (Å²) in [5, 5.41) is 0. The molecule has 0 fully saturated rings. The van der Waals surface area contributed by atoms with Crippen molar-refractivity contribution in [2.45, 2.75) is 32.5 Å². The maximum absolute atomic E-state index is 5.60. The number of terminal acetylenes is 2. The molecule has 109 valence electrons. The fraction of sp³-hybridized carbons (Fsp3) is 0.333. The monoisotopic (exact) mass is 297 g/mol. The van der Waals surface area contributed by atoms with Crippen LogP contribution in [0.25, 0.3) is 0 Å². The summed E-state index contributed by atoms with van der Waals surface area (Å²) in [6.45, 7) is 3.26. The molecule has 0 heterocycles. The Hall–Kier alpha value is -1.78. The molecule has 1 radical (unpaired) electrons. The lowest BCUT2D eigenvalue weighted by molar-refractivity contribution is 0.148. The van der Waals surface area contributed by atoms with E-state index in [1.165, 1.54) is 5.56 Å². The number of hydrogen-bond acceptors (Lipinski definition) is 2. The van der Waals surface area contributed by atoms with Gasteiger partial charge in [0.1, 0.15) is 0 Å². The molecule has 2 nitrogen and oxygen atoms in total. The average Bonchev–Trinajstić information content (AvgIpc) is 2.52. The Morgan fingerprint density at radius 2 is 1.90 bits per heavy atom. The van der Waals surface area contributed by atoms with Crippen LogP contribution in [0.1, 0.15) is 25.3 Å². The Morgan fingerprint density at radius 1 is 1.19 bits per heavy atom. The van der Waals surface area contributed by atoms with Crippen LogP contribution in [0.4, 0.5) is 0 Å². The highest BCUT2D eigenvalue weighted by Gasteiger charge is 2.10. The Bertz CT molecular complexity index is 482. The van der Waals surface area contributed by atoms with Crippen LogP contribution in [0.15, 0.2) is 42.5 Å². The van der Waals surface area contributed by atoms with E-state index in [0.717, 1.165) is 12.8 Å². The topological polar surface area (TPSA) is 18.5 Å². The van der Waals surface area contributed by atoms with E-state index in [2.05, 4.69) is 29.3 Å². The molecule has 3 heteroatoms. The first-order valence-corrected chi connectivity index (χ1v) is 8.40. The van der Waals surface area contributed by atoms with Gasteiger partial charge in [0.15, 0.2) is 0 Å². The van der Waals surface area contributed by atoms with Crippen molar-refractivity contribution in [2.24, 2.45) is 0 Å². The van der Waals surface area contributed by atoms with E-state index in [1.54, 1.807) is 0 Å². The van der Waals surface area contributed by atoms with Gasteiger partial charge in [0.2, 0.25) is 0 Å². The second-order valence-corrected chi connectivity index (χ2v) is 6.07. The van der Waals surface area contributed by atoms with Gasteiger partial charge in [0.25, 0.3) is 0 Å². The normalized spacial score (nSPS) is 12.2. The molecule has 1 aromatic rings. The third kappa shape index (κ3) is 8.17. The van der Waals surface area contributed by atoms with Crippen LogP contribution < -0.4 is 0 Å². The van der Waals surface area contributed by atoms with Crippen molar-refractivity contribution in [2.75, 3.05) is 6.61 Å². The van der Waals surface area contributed by atoms with Crippen LogP contribution in [0.5, 0.6) is 0 Å². The van der Waals surface area contributed by atoms with Crippen LogP contribution in [0.2, 0.25) is 0 Å². The molecule has 0 unspecified atom stereocenters. The molecule has 0 saturated heterocycles. The zero-order chi connectivity index (χ0) is 15.3. The molecule has 0 spiro atoms. The molecule has 0 N–H and O–H groups in total. The second-order valence-electron chi connectivity index (χ2n) is 4.60. The quantitative estimate of drug-likeness (QED) is 0.301. The Balaban J connectivity index is 2.07. The summed E-state index contributed by atoms with van der Waals surface area (Å²) in [7, 11) is -1.50. The largest absolute Gasteiger partial charge is 0.396 e. The van der Waals surface area contributed by atoms with Crippen molar-refractivity contribution >= 4 is 9.04 Å². The van der Waals surface area contributed by atoms with Crippen LogP contribution >= 0.6 is 0 Å². The number of allylic oxidation sites excluding steroid dienone is 1. The Labute approximate surface area is 129 Å². The summed E-state index contributed by atoms with van der Waals surface area (Å²) >= 11 is 0. The number of benzene rings is 1. The van der Waals surface area contributed by atoms with E-state index in [4.69, 9.17) is 22.0 Å². The van der Waals surface area contributed by atoms with Gasteiger partial charge in [0.05, 0.1) is 13.2 Å². The highest BCUT2D eigenvalue weighted by Crippen LogP contribution is 2.04. The summed E-state index contributed by atoms with van der Waals surface area (Å²) < 4.78 is 11.2. The van der Waals surface area contributed by atoms with E-state index >= 15 is 0 Å². The van der Waals surface area contributed by atoms with Gasteiger partial charge in [-0.1, -0.05) is 53.6 Å². The molecule has 0 bridgehead atoms. The van der Waals surface area contributed by atoms with E-state index < -0.39 is 9.04 Å². The first-order valence-electron chi connectivity index (χ1n) is 6.99. The highest BCUT2D eigenvalue weighted by molar-refractivity contribution is 6.69. The maximum Gasteiger partial charge on any atom is 0.396 e. The van der Waals surface area contributed by atoms with Crippen molar-refractivity contribution in [1.29, 1.82) is 0 Å². The molecule has 1 rings (SSSR count). The van der Waals surface area contributed by atoms with Gasteiger partial charge in [-0.25, -0.2) is 0 Å². The van der Waals surface area contributed by atoms with Gasteiger partial charge in [0, 0.05) is 6.10 Å². The maximum atomic E-state index is 5.60. The van der Waals surface area contributed by atoms with Gasteiger partial charge in [-0.05, 0) is 25.3 Å². The number of rotatable bonds is 9. The molecular formula is C18H21O2Si. The van der Waals surface area contributed by atoms with Crippen molar-refractivity contribution in [1.82, 2.24) is 0 Å². The first-order chi connectivity index (χ1) is 10.3. The molecule has 0 aliphatic carbocycles.